The summed E-state index contributed by atoms with van der Waals surface area (Å²) in [6.07, 6.45) is 0. The lowest BCUT2D eigenvalue weighted by molar-refractivity contribution is -0.385. The molecule has 110 valence electrons. The summed E-state index contributed by atoms with van der Waals surface area (Å²) in [5.41, 5.74) is 1.02. The molecule has 0 spiro atoms. The number of nitrogens with zero attached hydrogens (tertiary/aromatic N) is 1. The smallest absolute Gasteiger partial charge is 0.272 e. The maximum absolute atomic E-state index is 11.9. The predicted octanol–water partition coefficient (Wildman–Crippen LogP) is 2.62. The Morgan fingerprint density at radius 1 is 1.35 bits per heavy atom. The summed E-state index contributed by atoms with van der Waals surface area (Å²) in [6, 6.07) is 4.28. The number of carbonyl (C=O) groups excluding carboxylic acids is 1. The SMILES string of the molecule is Cc1cc(NC(C)C(=O)NC(C)(C)C)ccc1[N+](=O)[O-]. The van der Waals surface area contributed by atoms with E-state index in [9.17, 15) is 14.9 Å². The molecule has 1 atom stereocenters. The highest BCUT2D eigenvalue weighted by Crippen LogP contribution is 2.22. The second kappa shape index (κ2) is 5.90. The third-order valence-corrected chi connectivity index (χ3v) is 2.67. The molecule has 0 aromatic heterocycles. The lowest BCUT2D eigenvalue weighted by atomic mass is 10.1. The number of anilines is 1. The molecule has 0 aliphatic rings. The van der Waals surface area contributed by atoms with Crippen molar-refractivity contribution in [3.05, 3.63) is 33.9 Å². The monoisotopic (exact) mass is 279 g/mol. The van der Waals surface area contributed by atoms with Crippen LogP contribution in [0.1, 0.15) is 33.3 Å². The lowest BCUT2D eigenvalue weighted by Gasteiger charge is -2.24. The minimum absolute atomic E-state index is 0.0716. The summed E-state index contributed by atoms with van der Waals surface area (Å²) in [5, 5.41) is 16.7. The zero-order valence-corrected chi connectivity index (χ0v) is 12.5. The van der Waals surface area contributed by atoms with Gasteiger partial charge in [0.15, 0.2) is 0 Å². The zero-order valence-electron chi connectivity index (χ0n) is 12.5. The van der Waals surface area contributed by atoms with E-state index in [1.54, 1.807) is 26.0 Å². The van der Waals surface area contributed by atoms with Gasteiger partial charge in [0.25, 0.3) is 5.69 Å². The fourth-order valence-electron chi connectivity index (χ4n) is 1.74. The number of carbonyl (C=O) groups is 1. The van der Waals surface area contributed by atoms with Gasteiger partial charge in [-0.3, -0.25) is 14.9 Å². The molecular weight excluding hydrogens is 258 g/mol. The fourth-order valence-corrected chi connectivity index (χ4v) is 1.74. The minimum atomic E-state index is -0.422. The molecule has 0 fully saturated rings. The number of nitrogens with one attached hydrogen (secondary N) is 2. The van der Waals surface area contributed by atoms with Gasteiger partial charge in [0.1, 0.15) is 6.04 Å². The Labute approximate surface area is 118 Å². The first kappa shape index (κ1) is 15.9. The average molecular weight is 279 g/mol. The molecule has 20 heavy (non-hydrogen) atoms. The maximum Gasteiger partial charge on any atom is 0.272 e. The molecule has 0 aliphatic carbocycles. The zero-order chi connectivity index (χ0) is 15.5. The Hall–Kier alpha value is -2.11. The number of amides is 1. The number of hydrogen-bond acceptors (Lipinski definition) is 4. The second-order valence-electron chi connectivity index (χ2n) is 5.86. The van der Waals surface area contributed by atoms with Crippen molar-refractivity contribution in [3.63, 3.8) is 0 Å². The van der Waals surface area contributed by atoms with E-state index in [1.165, 1.54) is 6.07 Å². The Morgan fingerprint density at radius 2 is 1.95 bits per heavy atom. The molecule has 6 heteroatoms. The van der Waals surface area contributed by atoms with Crippen LogP contribution < -0.4 is 10.6 Å². The maximum atomic E-state index is 11.9. The molecular formula is C14H21N3O3. The largest absolute Gasteiger partial charge is 0.374 e. The van der Waals surface area contributed by atoms with Gasteiger partial charge in [-0.15, -0.1) is 0 Å². The molecule has 1 rings (SSSR count). The van der Waals surface area contributed by atoms with Crippen LogP contribution in [0.5, 0.6) is 0 Å². The number of rotatable bonds is 4. The summed E-state index contributed by atoms with van der Waals surface area (Å²) in [7, 11) is 0. The van der Waals surface area contributed by atoms with Gasteiger partial charge in [-0.2, -0.15) is 0 Å². The van der Waals surface area contributed by atoms with Crippen molar-refractivity contribution >= 4 is 17.3 Å². The van der Waals surface area contributed by atoms with E-state index in [4.69, 9.17) is 0 Å². The molecule has 0 radical (unpaired) electrons. The fraction of sp³-hybridized carbons (Fsp3) is 0.500. The Kier molecular flexibility index (Phi) is 4.70. The van der Waals surface area contributed by atoms with Crippen LogP contribution >= 0.6 is 0 Å². The summed E-state index contributed by atoms with van der Waals surface area (Å²) in [5.74, 6) is -0.117. The third kappa shape index (κ3) is 4.53. The molecule has 0 saturated heterocycles. The van der Waals surface area contributed by atoms with Gasteiger partial charge in [-0.25, -0.2) is 0 Å². The summed E-state index contributed by atoms with van der Waals surface area (Å²) < 4.78 is 0. The van der Waals surface area contributed by atoms with Gasteiger partial charge in [-0.05, 0) is 46.8 Å². The number of aryl methyl sites for hydroxylation is 1. The van der Waals surface area contributed by atoms with Crippen molar-refractivity contribution in [1.29, 1.82) is 0 Å². The van der Waals surface area contributed by atoms with Crippen LogP contribution in [0.15, 0.2) is 18.2 Å². The lowest BCUT2D eigenvalue weighted by Crippen LogP contribution is -2.47. The summed E-state index contributed by atoms with van der Waals surface area (Å²) in [6.45, 7) is 9.15. The van der Waals surface area contributed by atoms with Crippen molar-refractivity contribution in [1.82, 2.24) is 5.32 Å². The number of nitro groups is 1. The van der Waals surface area contributed by atoms with Crippen molar-refractivity contribution in [2.45, 2.75) is 46.2 Å². The predicted molar refractivity (Wildman–Crippen MR) is 78.8 cm³/mol. The Bertz CT molecular complexity index is 521. The summed E-state index contributed by atoms with van der Waals surface area (Å²) in [4.78, 5) is 22.3. The highest BCUT2D eigenvalue weighted by molar-refractivity contribution is 5.84. The normalized spacial score (nSPS) is 12.7. The van der Waals surface area contributed by atoms with E-state index in [1.807, 2.05) is 20.8 Å². The Morgan fingerprint density at radius 3 is 2.40 bits per heavy atom. The minimum Gasteiger partial charge on any atom is -0.374 e. The van der Waals surface area contributed by atoms with Crippen LogP contribution in [0.3, 0.4) is 0 Å². The molecule has 1 aromatic rings. The molecule has 1 aromatic carbocycles. The van der Waals surface area contributed by atoms with E-state index in [0.717, 1.165) is 0 Å². The van der Waals surface area contributed by atoms with Crippen LogP contribution in [0.2, 0.25) is 0 Å². The standard InChI is InChI=1S/C14H21N3O3/c1-9-8-11(6-7-12(9)17(19)20)15-10(2)13(18)16-14(3,4)5/h6-8,10,15H,1-5H3,(H,16,18). The van der Waals surface area contributed by atoms with Gasteiger partial charge < -0.3 is 10.6 Å². The molecule has 0 heterocycles. The number of hydrogen-bond donors (Lipinski definition) is 2. The molecule has 1 unspecified atom stereocenters. The molecule has 6 nitrogen and oxygen atoms in total. The van der Waals surface area contributed by atoms with Gasteiger partial charge >= 0.3 is 0 Å². The van der Waals surface area contributed by atoms with Crippen LogP contribution in [0.4, 0.5) is 11.4 Å². The summed E-state index contributed by atoms with van der Waals surface area (Å²) >= 11 is 0. The number of benzene rings is 1. The molecule has 1 amide bonds. The van der Waals surface area contributed by atoms with Gasteiger partial charge in [0.2, 0.25) is 5.91 Å². The quantitative estimate of drug-likeness (QED) is 0.655. The Balaban J connectivity index is 2.76. The van der Waals surface area contributed by atoms with E-state index < -0.39 is 11.0 Å². The molecule has 0 saturated carbocycles. The van der Waals surface area contributed by atoms with E-state index in [2.05, 4.69) is 10.6 Å². The van der Waals surface area contributed by atoms with Crippen LogP contribution in [0, 0.1) is 17.0 Å². The molecule has 0 bridgehead atoms. The van der Waals surface area contributed by atoms with Crippen molar-refractivity contribution < 1.29 is 9.72 Å². The highest BCUT2D eigenvalue weighted by atomic mass is 16.6. The van der Waals surface area contributed by atoms with Gasteiger partial charge in [0, 0.05) is 22.9 Å². The first-order chi connectivity index (χ1) is 9.10. The number of nitro benzene ring substituents is 1. The van der Waals surface area contributed by atoms with Crippen LogP contribution in [0.25, 0.3) is 0 Å². The van der Waals surface area contributed by atoms with Gasteiger partial charge in [-0.1, -0.05) is 0 Å². The second-order valence-corrected chi connectivity index (χ2v) is 5.86. The average Bonchev–Trinajstić information content (AvgIpc) is 2.26. The van der Waals surface area contributed by atoms with E-state index in [0.29, 0.717) is 11.3 Å². The van der Waals surface area contributed by atoms with E-state index in [-0.39, 0.29) is 17.1 Å². The van der Waals surface area contributed by atoms with Crippen molar-refractivity contribution in [2.24, 2.45) is 0 Å². The van der Waals surface area contributed by atoms with Crippen LogP contribution in [-0.4, -0.2) is 22.4 Å². The van der Waals surface area contributed by atoms with E-state index >= 15 is 0 Å². The topological polar surface area (TPSA) is 84.3 Å². The molecule has 2 N–H and O–H groups in total. The first-order valence-corrected chi connectivity index (χ1v) is 6.44. The van der Waals surface area contributed by atoms with Crippen LogP contribution in [-0.2, 0) is 4.79 Å². The molecule has 0 aliphatic heterocycles. The highest BCUT2D eigenvalue weighted by Gasteiger charge is 2.19. The van der Waals surface area contributed by atoms with Crippen molar-refractivity contribution in [2.75, 3.05) is 5.32 Å². The van der Waals surface area contributed by atoms with Gasteiger partial charge in [0.05, 0.1) is 4.92 Å². The first-order valence-electron chi connectivity index (χ1n) is 6.44. The third-order valence-electron chi connectivity index (χ3n) is 2.67. The van der Waals surface area contributed by atoms with Crippen molar-refractivity contribution in [3.8, 4) is 0 Å².